The summed E-state index contributed by atoms with van der Waals surface area (Å²) in [6, 6.07) is 5.38. The lowest BCUT2D eigenvalue weighted by molar-refractivity contribution is 0.144. The molecule has 0 saturated heterocycles. The van der Waals surface area contributed by atoms with Gasteiger partial charge in [0, 0.05) is 13.7 Å². The van der Waals surface area contributed by atoms with Crippen molar-refractivity contribution in [2.24, 2.45) is 17.8 Å². The van der Waals surface area contributed by atoms with Gasteiger partial charge < -0.3 is 4.74 Å². The maximum Gasteiger partial charge on any atom is 0.142 e. The molecule has 25 heavy (non-hydrogen) atoms. The van der Waals surface area contributed by atoms with E-state index >= 15 is 0 Å². The molecule has 2 aliphatic carbocycles. The van der Waals surface area contributed by atoms with E-state index in [2.05, 4.69) is 0 Å². The molecule has 0 bridgehead atoms. The number of halogens is 2. The number of ether oxygens (including phenoxy) is 1. The van der Waals surface area contributed by atoms with E-state index in [1.54, 1.807) is 19.2 Å². The van der Waals surface area contributed by atoms with E-state index in [0.717, 1.165) is 29.9 Å². The molecular formula is C22H32ClFO. The molecule has 140 valence electrons. The van der Waals surface area contributed by atoms with Gasteiger partial charge in [-0.2, -0.15) is 0 Å². The summed E-state index contributed by atoms with van der Waals surface area (Å²) >= 11 is 5.81. The number of methoxy groups -OCH3 is 1. The normalized spacial score (nSPS) is 30.4. The molecule has 2 aliphatic rings. The highest BCUT2D eigenvalue weighted by atomic mass is 35.5. The minimum atomic E-state index is -0.270. The second-order valence-electron chi connectivity index (χ2n) is 8.20. The Morgan fingerprint density at radius 1 is 1.00 bits per heavy atom. The molecule has 3 heteroatoms. The topological polar surface area (TPSA) is 9.23 Å². The third-order valence-corrected chi connectivity index (χ3v) is 7.01. The quantitative estimate of drug-likeness (QED) is 0.493. The summed E-state index contributed by atoms with van der Waals surface area (Å²) in [5.74, 6) is 3.01. The first-order valence-electron chi connectivity index (χ1n) is 10.1. The first-order chi connectivity index (χ1) is 12.2. The van der Waals surface area contributed by atoms with Crippen LogP contribution in [0.2, 0.25) is 5.02 Å². The first-order valence-corrected chi connectivity index (χ1v) is 10.5. The second kappa shape index (κ2) is 9.37. The van der Waals surface area contributed by atoms with Crippen molar-refractivity contribution in [3.63, 3.8) is 0 Å². The fraction of sp³-hybridized carbons (Fsp3) is 0.727. The average Bonchev–Trinajstić information content (AvgIpc) is 2.65. The Morgan fingerprint density at radius 2 is 1.64 bits per heavy atom. The molecule has 0 amide bonds. The Morgan fingerprint density at radius 3 is 2.24 bits per heavy atom. The van der Waals surface area contributed by atoms with E-state index < -0.39 is 0 Å². The molecule has 1 aromatic carbocycles. The molecule has 0 N–H and O–H groups in total. The highest BCUT2D eigenvalue weighted by Gasteiger charge is 2.31. The van der Waals surface area contributed by atoms with Gasteiger partial charge in [-0.25, -0.2) is 4.39 Å². The van der Waals surface area contributed by atoms with Gasteiger partial charge in [0.2, 0.25) is 0 Å². The van der Waals surface area contributed by atoms with Crippen molar-refractivity contribution in [2.75, 3.05) is 13.7 Å². The van der Waals surface area contributed by atoms with E-state index in [9.17, 15) is 4.39 Å². The predicted octanol–water partition coefficient (Wildman–Crippen LogP) is 6.99. The highest BCUT2D eigenvalue weighted by Crippen LogP contribution is 2.44. The molecule has 1 nitrogen and oxygen atoms in total. The monoisotopic (exact) mass is 366 g/mol. The second-order valence-corrected chi connectivity index (χ2v) is 8.61. The SMILES string of the molecule is COCCC[C@H]1CC[C@H]([C@H]2CC[C@H](c3ccc(Cl)c(F)c3)CC2)CC1. The molecule has 0 spiro atoms. The fourth-order valence-electron chi connectivity index (χ4n) is 5.15. The molecule has 0 aliphatic heterocycles. The number of rotatable bonds is 6. The summed E-state index contributed by atoms with van der Waals surface area (Å²) in [5, 5.41) is 0.236. The van der Waals surface area contributed by atoms with Crippen LogP contribution in [0.25, 0.3) is 0 Å². The van der Waals surface area contributed by atoms with Gasteiger partial charge in [0.15, 0.2) is 0 Å². The molecule has 2 fully saturated rings. The van der Waals surface area contributed by atoms with Gasteiger partial charge in [0.25, 0.3) is 0 Å². The minimum absolute atomic E-state index is 0.236. The van der Waals surface area contributed by atoms with Crippen LogP contribution in [0, 0.1) is 23.6 Å². The zero-order valence-corrected chi connectivity index (χ0v) is 16.2. The molecule has 0 atom stereocenters. The van der Waals surface area contributed by atoms with Gasteiger partial charge >= 0.3 is 0 Å². The van der Waals surface area contributed by atoms with E-state index in [1.807, 2.05) is 6.07 Å². The Labute approximate surface area is 157 Å². The van der Waals surface area contributed by atoms with Gasteiger partial charge in [-0.3, -0.25) is 0 Å². The summed E-state index contributed by atoms with van der Waals surface area (Å²) in [6.07, 6.45) is 13.3. The van der Waals surface area contributed by atoms with Crippen LogP contribution in [0.3, 0.4) is 0 Å². The van der Waals surface area contributed by atoms with Gasteiger partial charge in [-0.1, -0.05) is 30.5 Å². The Kier molecular flexibility index (Phi) is 7.18. The van der Waals surface area contributed by atoms with Crippen LogP contribution in [-0.4, -0.2) is 13.7 Å². The summed E-state index contributed by atoms with van der Waals surface area (Å²) < 4.78 is 18.9. The molecule has 3 rings (SSSR count). The van der Waals surface area contributed by atoms with Gasteiger partial charge in [0.05, 0.1) is 5.02 Å². The first kappa shape index (κ1) is 19.2. The zero-order valence-electron chi connectivity index (χ0n) is 15.5. The maximum atomic E-state index is 13.7. The van der Waals surface area contributed by atoms with Crippen LogP contribution < -0.4 is 0 Å². The number of benzene rings is 1. The van der Waals surface area contributed by atoms with E-state index in [1.165, 1.54) is 64.2 Å². The van der Waals surface area contributed by atoms with Crippen LogP contribution in [-0.2, 0) is 4.74 Å². The van der Waals surface area contributed by atoms with E-state index in [-0.39, 0.29) is 10.8 Å². The van der Waals surface area contributed by atoms with Crippen molar-refractivity contribution >= 4 is 11.6 Å². The molecule has 0 heterocycles. The predicted molar refractivity (Wildman–Crippen MR) is 103 cm³/mol. The smallest absolute Gasteiger partial charge is 0.142 e. The lowest BCUT2D eigenvalue weighted by atomic mass is 9.68. The Balaban J connectivity index is 1.43. The molecule has 1 aromatic rings. The number of hydrogen-bond acceptors (Lipinski definition) is 1. The fourth-order valence-corrected chi connectivity index (χ4v) is 5.27. The molecular weight excluding hydrogens is 335 g/mol. The minimum Gasteiger partial charge on any atom is -0.385 e. The average molecular weight is 367 g/mol. The summed E-state index contributed by atoms with van der Waals surface area (Å²) in [7, 11) is 1.80. The lowest BCUT2D eigenvalue weighted by Gasteiger charge is -2.38. The molecule has 0 radical (unpaired) electrons. The summed E-state index contributed by atoms with van der Waals surface area (Å²) in [4.78, 5) is 0. The third-order valence-electron chi connectivity index (χ3n) is 6.71. The van der Waals surface area contributed by atoms with Crippen LogP contribution in [0.4, 0.5) is 4.39 Å². The molecule has 0 unspecified atom stereocenters. The van der Waals surface area contributed by atoms with E-state index in [0.29, 0.717) is 5.92 Å². The van der Waals surface area contributed by atoms with Crippen LogP contribution >= 0.6 is 11.6 Å². The van der Waals surface area contributed by atoms with Crippen molar-refractivity contribution in [1.82, 2.24) is 0 Å². The summed E-state index contributed by atoms with van der Waals surface area (Å²) in [5.41, 5.74) is 1.14. The standard InChI is InChI=1S/C22H32ClFO/c1-25-14-2-3-16-4-6-17(7-5-16)18-8-10-19(11-9-18)20-12-13-21(23)22(24)15-20/h12-13,15-19H,2-11,14H2,1H3/t16-,17-,18-,19-. The van der Waals surface area contributed by atoms with Crippen molar-refractivity contribution < 1.29 is 9.13 Å². The lowest BCUT2D eigenvalue weighted by Crippen LogP contribution is -2.25. The molecule has 0 aromatic heterocycles. The zero-order chi connectivity index (χ0) is 17.6. The van der Waals surface area contributed by atoms with Gasteiger partial charge in [0.1, 0.15) is 5.82 Å². The van der Waals surface area contributed by atoms with Gasteiger partial charge in [-0.15, -0.1) is 0 Å². The summed E-state index contributed by atoms with van der Waals surface area (Å²) in [6.45, 7) is 0.912. The largest absolute Gasteiger partial charge is 0.385 e. The Hall–Kier alpha value is -0.600. The van der Waals surface area contributed by atoms with Crippen LogP contribution in [0.5, 0.6) is 0 Å². The third kappa shape index (κ3) is 5.20. The van der Waals surface area contributed by atoms with Crippen molar-refractivity contribution in [2.45, 2.75) is 70.1 Å². The van der Waals surface area contributed by atoms with Crippen molar-refractivity contribution in [3.8, 4) is 0 Å². The van der Waals surface area contributed by atoms with Crippen LogP contribution in [0.1, 0.15) is 75.7 Å². The number of hydrogen-bond donors (Lipinski definition) is 0. The van der Waals surface area contributed by atoms with Gasteiger partial charge in [-0.05, 0) is 92.7 Å². The molecule has 2 saturated carbocycles. The van der Waals surface area contributed by atoms with Crippen molar-refractivity contribution in [1.29, 1.82) is 0 Å². The highest BCUT2D eigenvalue weighted by molar-refractivity contribution is 6.30. The van der Waals surface area contributed by atoms with E-state index in [4.69, 9.17) is 16.3 Å². The van der Waals surface area contributed by atoms with Crippen LogP contribution in [0.15, 0.2) is 18.2 Å². The van der Waals surface area contributed by atoms with Crippen molar-refractivity contribution in [3.05, 3.63) is 34.6 Å². The Bertz CT molecular complexity index is 531. The maximum absolute atomic E-state index is 13.7.